The standard InChI is InChI=1S/C11H15FN2/c12-10-5-1-4-9-8(3-2-6-13)7-14-11(9)10/h1,4-5,8,14H,2-3,6-7,13H2. The van der Waals surface area contributed by atoms with Crippen LogP contribution in [0.3, 0.4) is 0 Å². The SMILES string of the molecule is NCCCC1CNc2c(F)cccc21. The molecule has 0 spiro atoms. The number of nitrogens with one attached hydrogen (secondary N) is 1. The maximum Gasteiger partial charge on any atom is 0.146 e. The normalized spacial score (nSPS) is 19.1. The van der Waals surface area contributed by atoms with Crippen LogP contribution in [0.15, 0.2) is 18.2 Å². The lowest BCUT2D eigenvalue weighted by Crippen LogP contribution is -2.06. The lowest BCUT2D eigenvalue weighted by atomic mass is 9.96. The Kier molecular flexibility index (Phi) is 2.68. The van der Waals surface area contributed by atoms with Crippen LogP contribution in [-0.4, -0.2) is 13.1 Å². The molecular weight excluding hydrogens is 179 g/mol. The molecule has 1 atom stereocenters. The van der Waals surface area contributed by atoms with Crippen molar-refractivity contribution in [1.82, 2.24) is 0 Å². The minimum atomic E-state index is -0.141. The lowest BCUT2D eigenvalue weighted by Gasteiger charge is -2.08. The number of anilines is 1. The summed E-state index contributed by atoms with van der Waals surface area (Å²) in [5.74, 6) is 0.294. The monoisotopic (exact) mass is 194 g/mol. The Morgan fingerprint density at radius 3 is 3.14 bits per heavy atom. The molecule has 76 valence electrons. The van der Waals surface area contributed by atoms with Crippen molar-refractivity contribution in [1.29, 1.82) is 0 Å². The molecule has 0 amide bonds. The van der Waals surface area contributed by atoms with Crippen molar-refractivity contribution < 1.29 is 4.39 Å². The van der Waals surface area contributed by atoms with Gasteiger partial charge in [0.25, 0.3) is 0 Å². The Labute approximate surface area is 83.3 Å². The quantitative estimate of drug-likeness (QED) is 0.773. The fraction of sp³-hybridized carbons (Fsp3) is 0.455. The second kappa shape index (κ2) is 3.96. The van der Waals surface area contributed by atoms with Gasteiger partial charge in [-0.3, -0.25) is 0 Å². The van der Waals surface area contributed by atoms with Gasteiger partial charge in [-0.1, -0.05) is 12.1 Å². The maximum atomic E-state index is 13.3. The van der Waals surface area contributed by atoms with Gasteiger partial charge >= 0.3 is 0 Å². The zero-order valence-corrected chi connectivity index (χ0v) is 8.09. The van der Waals surface area contributed by atoms with Crippen LogP contribution in [-0.2, 0) is 0 Å². The molecule has 2 nitrogen and oxygen atoms in total. The highest BCUT2D eigenvalue weighted by atomic mass is 19.1. The van der Waals surface area contributed by atoms with Crippen molar-refractivity contribution >= 4 is 5.69 Å². The van der Waals surface area contributed by atoms with E-state index >= 15 is 0 Å². The third kappa shape index (κ3) is 1.60. The number of hydrogen-bond acceptors (Lipinski definition) is 2. The van der Waals surface area contributed by atoms with E-state index in [0.717, 1.165) is 24.9 Å². The number of para-hydroxylation sites is 1. The predicted octanol–water partition coefficient (Wildman–Crippen LogP) is 2.07. The average molecular weight is 194 g/mol. The molecule has 1 aliphatic rings. The van der Waals surface area contributed by atoms with Crippen LogP contribution >= 0.6 is 0 Å². The van der Waals surface area contributed by atoms with Crippen LogP contribution in [0, 0.1) is 5.82 Å². The summed E-state index contributed by atoms with van der Waals surface area (Å²) in [5.41, 5.74) is 7.26. The summed E-state index contributed by atoms with van der Waals surface area (Å²) in [6.45, 7) is 1.55. The maximum absolute atomic E-state index is 13.3. The minimum Gasteiger partial charge on any atom is -0.382 e. The largest absolute Gasteiger partial charge is 0.382 e. The Morgan fingerprint density at radius 1 is 1.50 bits per heavy atom. The Morgan fingerprint density at radius 2 is 2.36 bits per heavy atom. The molecule has 0 saturated carbocycles. The average Bonchev–Trinajstić information content (AvgIpc) is 2.60. The minimum absolute atomic E-state index is 0.141. The molecule has 3 heteroatoms. The molecule has 0 aromatic heterocycles. The number of rotatable bonds is 3. The fourth-order valence-corrected chi connectivity index (χ4v) is 2.02. The number of nitrogens with two attached hydrogens (primary N) is 1. The molecule has 0 radical (unpaired) electrons. The smallest absolute Gasteiger partial charge is 0.146 e. The van der Waals surface area contributed by atoms with Crippen molar-refractivity contribution in [2.45, 2.75) is 18.8 Å². The first kappa shape index (κ1) is 9.46. The molecule has 1 aromatic rings. The van der Waals surface area contributed by atoms with E-state index in [2.05, 4.69) is 5.32 Å². The van der Waals surface area contributed by atoms with Gasteiger partial charge < -0.3 is 11.1 Å². The molecule has 3 N–H and O–H groups in total. The molecule has 0 fully saturated rings. The van der Waals surface area contributed by atoms with E-state index in [-0.39, 0.29) is 5.82 Å². The molecule has 14 heavy (non-hydrogen) atoms. The summed E-state index contributed by atoms with van der Waals surface area (Å²) in [4.78, 5) is 0. The number of fused-ring (bicyclic) bond motifs is 1. The van der Waals surface area contributed by atoms with E-state index in [9.17, 15) is 4.39 Å². The van der Waals surface area contributed by atoms with Crippen molar-refractivity contribution in [3.63, 3.8) is 0 Å². The Bertz CT molecular complexity index is 325. The zero-order valence-electron chi connectivity index (χ0n) is 8.09. The van der Waals surface area contributed by atoms with Crippen LogP contribution in [0.5, 0.6) is 0 Å². The number of hydrogen-bond donors (Lipinski definition) is 2. The van der Waals surface area contributed by atoms with Crippen molar-refractivity contribution in [2.24, 2.45) is 5.73 Å². The second-order valence-electron chi connectivity index (χ2n) is 3.71. The van der Waals surface area contributed by atoms with Crippen molar-refractivity contribution in [3.05, 3.63) is 29.6 Å². The van der Waals surface area contributed by atoms with Crippen molar-refractivity contribution in [2.75, 3.05) is 18.4 Å². The van der Waals surface area contributed by atoms with Crippen LogP contribution in [0.4, 0.5) is 10.1 Å². The van der Waals surface area contributed by atoms with Crippen LogP contribution < -0.4 is 11.1 Å². The summed E-state index contributed by atoms with van der Waals surface area (Å²) in [7, 11) is 0. The molecule has 1 heterocycles. The third-order valence-electron chi connectivity index (χ3n) is 2.77. The third-order valence-corrected chi connectivity index (χ3v) is 2.77. The summed E-state index contributed by atoms with van der Waals surface area (Å²) in [6.07, 6.45) is 2.04. The van der Waals surface area contributed by atoms with Crippen LogP contribution in [0.2, 0.25) is 0 Å². The van der Waals surface area contributed by atoms with Gasteiger partial charge in [-0.2, -0.15) is 0 Å². The van der Waals surface area contributed by atoms with E-state index in [4.69, 9.17) is 5.73 Å². The molecule has 2 rings (SSSR count). The molecule has 0 bridgehead atoms. The van der Waals surface area contributed by atoms with Crippen LogP contribution in [0.1, 0.15) is 24.3 Å². The molecule has 1 aromatic carbocycles. The van der Waals surface area contributed by atoms with E-state index in [1.54, 1.807) is 6.07 Å². The van der Waals surface area contributed by atoms with Gasteiger partial charge in [0, 0.05) is 12.5 Å². The molecule has 0 saturated heterocycles. The van der Waals surface area contributed by atoms with Gasteiger partial charge in [-0.25, -0.2) is 4.39 Å². The van der Waals surface area contributed by atoms with Gasteiger partial charge in [-0.05, 0) is 31.0 Å². The summed E-state index contributed by atoms with van der Waals surface area (Å²) >= 11 is 0. The van der Waals surface area contributed by atoms with Crippen LogP contribution in [0.25, 0.3) is 0 Å². The summed E-state index contributed by atoms with van der Waals surface area (Å²) in [5, 5.41) is 3.11. The highest BCUT2D eigenvalue weighted by Crippen LogP contribution is 2.35. The highest BCUT2D eigenvalue weighted by molar-refractivity contribution is 5.58. The van der Waals surface area contributed by atoms with Gasteiger partial charge in [-0.15, -0.1) is 0 Å². The second-order valence-corrected chi connectivity index (χ2v) is 3.71. The number of benzene rings is 1. The van der Waals surface area contributed by atoms with E-state index in [1.807, 2.05) is 6.07 Å². The number of halogens is 1. The van der Waals surface area contributed by atoms with Gasteiger partial charge in [0.05, 0.1) is 5.69 Å². The van der Waals surface area contributed by atoms with Gasteiger partial charge in [0.15, 0.2) is 0 Å². The predicted molar refractivity (Wildman–Crippen MR) is 55.9 cm³/mol. The lowest BCUT2D eigenvalue weighted by molar-refractivity contribution is 0.627. The summed E-state index contributed by atoms with van der Waals surface area (Å²) < 4.78 is 13.3. The molecule has 1 aliphatic heterocycles. The topological polar surface area (TPSA) is 38.0 Å². The first-order chi connectivity index (χ1) is 6.83. The molecule has 1 unspecified atom stereocenters. The van der Waals surface area contributed by atoms with E-state index in [0.29, 0.717) is 18.2 Å². The molecular formula is C11H15FN2. The first-order valence-electron chi connectivity index (χ1n) is 5.05. The Balaban J connectivity index is 2.18. The molecule has 0 aliphatic carbocycles. The van der Waals surface area contributed by atoms with Gasteiger partial charge in [0.2, 0.25) is 0 Å². The highest BCUT2D eigenvalue weighted by Gasteiger charge is 2.23. The zero-order chi connectivity index (χ0) is 9.97. The van der Waals surface area contributed by atoms with E-state index < -0.39 is 0 Å². The van der Waals surface area contributed by atoms with E-state index in [1.165, 1.54) is 6.07 Å². The summed E-state index contributed by atoms with van der Waals surface area (Å²) in [6, 6.07) is 5.27. The van der Waals surface area contributed by atoms with Crippen molar-refractivity contribution in [3.8, 4) is 0 Å². The van der Waals surface area contributed by atoms with Gasteiger partial charge in [0.1, 0.15) is 5.82 Å². The Hall–Kier alpha value is -1.09. The fourth-order valence-electron chi connectivity index (χ4n) is 2.02. The first-order valence-corrected chi connectivity index (χ1v) is 5.05.